The second-order valence-corrected chi connectivity index (χ2v) is 5.71. The number of rotatable bonds is 2. The van der Waals surface area contributed by atoms with Gasteiger partial charge in [-0.2, -0.15) is 0 Å². The van der Waals surface area contributed by atoms with Crippen LogP contribution in [0.3, 0.4) is 0 Å². The fourth-order valence-corrected chi connectivity index (χ4v) is 2.77. The Morgan fingerprint density at radius 3 is 2.95 bits per heavy atom. The molecule has 2 amide bonds. The number of benzene rings is 1. The fraction of sp³-hybridized carbons (Fsp3) is 0.467. The van der Waals surface area contributed by atoms with E-state index in [2.05, 4.69) is 27.2 Å². The summed E-state index contributed by atoms with van der Waals surface area (Å²) in [7, 11) is 4.00. The number of aromatic nitrogens is 2. The summed E-state index contributed by atoms with van der Waals surface area (Å²) in [5.74, 6) is 0. The summed E-state index contributed by atoms with van der Waals surface area (Å²) in [5, 5.41) is 2.96. The highest BCUT2D eigenvalue weighted by molar-refractivity contribution is 5.91. The monoisotopic (exact) mass is 287 g/mol. The van der Waals surface area contributed by atoms with E-state index in [1.165, 1.54) is 0 Å². The highest BCUT2D eigenvalue weighted by atomic mass is 16.2. The van der Waals surface area contributed by atoms with Crippen molar-refractivity contribution in [1.82, 2.24) is 19.8 Å². The molecule has 1 fully saturated rings. The van der Waals surface area contributed by atoms with Crippen molar-refractivity contribution < 1.29 is 4.79 Å². The number of piperidine rings is 1. The number of carbonyl (C=O) groups is 1. The second-order valence-electron chi connectivity index (χ2n) is 5.71. The summed E-state index contributed by atoms with van der Waals surface area (Å²) < 4.78 is 0. The third kappa shape index (κ3) is 3.00. The van der Waals surface area contributed by atoms with E-state index in [9.17, 15) is 4.79 Å². The predicted molar refractivity (Wildman–Crippen MR) is 83.4 cm³/mol. The van der Waals surface area contributed by atoms with Gasteiger partial charge in [0, 0.05) is 18.8 Å². The zero-order valence-corrected chi connectivity index (χ0v) is 12.5. The van der Waals surface area contributed by atoms with E-state index in [1.54, 1.807) is 6.33 Å². The fourth-order valence-electron chi connectivity index (χ4n) is 2.77. The molecular weight excluding hydrogens is 266 g/mol. The molecule has 112 valence electrons. The Kier molecular flexibility index (Phi) is 3.79. The number of H-pyrrole nitrogens is 1. The minimum Gasteiger partial charge on any atom is -0.345 e. The lowest BCUT2D eigenvalue weighted by Gasteiger charge is -2.35. The van der Waals surface area contributed by atoms with E-state index >= 15 is 0 Å². The third-order valence-corrected chi connectivity index (χ3v) is 4.23. The first-order chi connectivity index (χ1) is 10.1. The van der Waals surface area contributed by atoms with Crippen LogP contribution >= 0.6 is 0 Å². The number of urea groups is 1. The van der Waals surface area contributed by atoms with Gasteiger partial charge in [-0.1, -0.05) is 0 Å². The Labute approximate surface area is 124 Å². The van der Waals surface area contributed by atoms with Crippen LogP contribution in [-0.2, 0) is 0 Å². The van der Waals surface area contributed by atoms with E-state index in [0.717, 1.165) is 42.7 Å². The lowest BCUT2D eigenvalue weighted by molar-refractivity contribution is 0.156. The predicted octanol–water partition coefficient (Wildman–Crippen LogP) is 2.12. The van der Waals surface area contributed by atoms with Crippen LogP contribution in [0.25, 0.3) is 11.0 Å². The van der Waals surface area contributed by atoms with Crippen molar-refractivity contribution in [3.8, 4) is 0 Å². The molecule has 3 rings (SSSR count). The largest absolute Gasteiger partial charge is 0.345 e. The molecule has 0 saturated carbocycles. The second kappa shape index (κ2) is 5.73. The lowest BCUT2D eigenvalue weighted by Crippen LogP contribution is -2.46. The average Bonchev–Trinajstić information content (AvgIpc) is 2.95. The molecule has 1 aliphatic rings. The number of aromatic amines is 1. The Morgan fingerprint density at radius 2 is 2.19 bits per heavy atom. The Balaban J connectivity index is 1.64. The van der Waals surface area contributed by atoms with Crippen molar-refractivity contribution >= 4 is 22.8 Å². The maximum Gasteiger partial charge on any atom is 0.321 e. The van der Waals surface area contributed by atoms with Gasteiger partial charge < -0.3 is 20.1 Å². The van der Waals surface area contributed by atoms with Gasteiger partial charge in [-0.25, -0.2) is 9.78 Å². The van der Waals surface area contributed by atoms with E-state index in [-0.39, 0.29) is 6.03 Å². The number of nitrogens with zero attached hydrogens (tertiary/aromatic N) is 3. The van der Waals surface area contributed by atoms with Crippen LogP contribution in [0.2, 0.25) is 0 Å². The van der Waals surface area contributed by atoms with Gasteiger partial charge in [0.15, 0.2) is 0 Å². The van der Waals surface area contributed by atoms with Crippen molar-refractivity contribution in [2.75, 3.05) is 32.5 Å². The molecule has 6 nitrogen and oxygen atoms in total. The standard InChI is InChI=1S/C15H21N5O/c1-19-7-5-12(6-8-19)20(2)15(21)18-11-3-4-13-14(9-11)17-10-16-13/h3-4,9-10,12H,5-8H2,1-2H3,(H,16,17)(H,18,21). The van der Waals surface area contributed by atoms with Gasteiger partial charge in [0.25, 0.3) is 0 Å². The molecule has 0 unspecified atom stereocenters. The summed E-state index contributed by atoms with van der Waals surface area (Å²) in [6.45, 7) is 2.09. The molecule has 2 heterocycles. The highest BCUT2D eigenvalue weighted by Crippen LogP contribution is 2.18. The van der Waals surface area contributed by atoms with Crippen molar-refractivity contribution in [2.45, 2.75) is 18.9 Å². The lowest BCUT2D eigenvalue weighted by atomic mass is 10.0. The smallest absolute Gasteiger partial charge is 0.321 e. The van der Waals surface area contributed by atoms with Crippen molar-refractivity contribution in [3.63, 3.8) is 0 Å². The molecule has 1 saturated heterocycles. The van der Waals surface area contributed by atoms with Gasteiger partial charge in [0.1, 0.15) is 0 Å². The number of anilines is 1. The quantitative estimate of drug-likeness (QED) is 0.889. The average molecular weight is 287 g/mol. The van der Waals surface area contributed by atoms with Crippen LogP contribution in [-0.4, -0.2) is 59.0 Å². The van der Waals surface area contributed by atoms with Crippen molar-refractivity contribution in [1.29, 1.82) is 0 Å². The Hall–Kier alpha value is -2.08. The zero-order valence-electron chi connectivity index (χ0n) is 12.5. The van der Waals surface area contributed by atoms with Crippen LogP contribution in [0.15, 0.2) is 24.5 Å². The molecule has 1 aromatic heterocycles. The highest BCUT2D eigenvalue weighted by Gasteiger charge is 2.23. The third-order valence-electron chi connectivity index (χ3n) is 4.23. The number of imidazole rings is 1. The Bertz CT molecular complexity index is 630. The number of hydrogen-bond acceptors (Lipinski definition) is 3. The first kappa shape index (κ1) is 13.9. The van der Waals surface area contributed by atoms with E-state index in [4.69, 9.17) is 0 Å². The number of nitrogens with one attached hydrogen (secondary N) is 2. The first-order valence-corrected chi connectivity index (χ1v) is 7.29. The van der Waals surface area contributed by atoms with Crippen LogP contribution < -0.4 is 5.32 Å². The van der Waals surface area contributed by atoms with E-state index < -0.39 is 0 Å². The Morgan fingerprint density at radius 1 is 1.43 bits per heavy atom. The van der Waals surface area contributed by atoms with Crippen LogP contribution in [0, 0.1) is 0 Å². The molecule has 0 radical (unpaired) electrons. The van der Waals surface area contributed by atoms with Gasteiger partial charge in [0.05, 0.1) is 17.4 Å². The van der Waals surface area contributed by atoms with Gasteiger partial charge in [-0.05, 0) is 51.2 Å². The number of hydrogen-bond donors (Lipinski definition) is 2. The van der Waals surface area contributed by atoms with Gasteiger partial charge >= 0.3 is 6.03 Å². The van der Waals surface area contributed by atoms with Crippen LogP contribution in [0.4, 0.5) is 10.5 Å². The maximum atomic E-state index is 12.3. The minimum atomic E-state index is -0.0524. The van der Waals surface area contributed by atoms with Crippen LogP contribution in [0.5, 0.6) is 0 Å². The maximum absolute atomic E-state index is 12.3. The molecule has 1 aliphatic heterocycles. The summed E-state index contributed by atoms with van der Waals surface area (Å²) in [4.78, 5) is 23.7. The minimum absolute atomic E-state index is 0.0524. The summed E-state index contributed by atoms with van der Waals surface area (Å²) in [6, 6.07) is 5.95. The molecule has 2 N–H and O–H groups in total. The molecule has 2 aromatic rings. The van der Waals surface area contributed by atoms with E-state index in [1.807, 2.05) is 30.1 Å². The van der Waals surface area contributed by atoms with Crippen LogP contribution in [0.1, 0.15) is 12.8 Å². The number of likely N-dealkylation sites (tertiary alicyclic amines) is 1. The van der Waals surface area contributed by atoms with E-state index in [0.29, 0.717) is 6.04 Å². The molecule has 0 bridgehead atoms. The number of fused-ring (bicyclic) bond motifs is 1. The molecule has 1 aromatic carbocycles. The number of amides is 2. The zero-order chi connectivity index (χ0) is 14.8. The SMILES string of the molecule is CN1CCC(N(C)C(=O)Nc2ccc3nc[nH]c3c2)CC1. The topological polar surface area (TPSA) is 64.3 Å². The summed E-state index contributed by atoms with van der Waals surface area (Å²) in [5.41, 5.74) is 2.61. The molecule has 0 spiro atoms. The molecule has 21 heavy (non-hydrogen) atoms. The summed E-state index contributed by atoms with van der Waals surface area (Å²) >= 11 is 0. The summed E-state index contributed by atoms with van der Waals surface area (Å²) in [6.07, 6.45) is 3.71. The van der Waals surface area contributed by atoms with Gasteiger partial charge in [0.2, 0.25) is 0 Å². The molecule has 6 heteroatoms. The molecule has 0 aliphatic carbocycles. The van der Waals surface area contributed by atoms with Crippen molar-refractivity contribution in [2.24, 2.45) is 0 Å². The normalized spacial score (nSPS) is 17.0. The number of carbonyl (C=O) groups excluding carboxylic acids is 1. The van der Waals surface area contributed by atoms with Gasteiger partial charge in [-0.3, -0.25) is 0 Å². The first-order valence-electron chi connectivity index (χ1n) is 7.29. The van der Waals surface area contributed by atoms with Crippen molar-refractivity contribution in [3.05, 3.63) is 24.5 Å². The molecular formula is C15H21N5O. The molecule has 0 atom stereocenters. The van der Waals surface area contributed by atoms with Gasteiger partial charge in [-0.15, -0.1) is 0 Å².